The Kier molecular flexibility index (Phi) is 19.6. The quantitative estimate of drug-likeness (QED) is 0.0446. The fourth-order valence-corrected chi connectivity index (χ4v) is 6.97. The Morgan fingerprint density at radius 2 is 0.857 bits per heavy atom. The van der Waals surface area contributed by atoms with E-state index in [1.165, 1.54) is 0 Å². The first-order valence-corrected chi connectivity index (χ1v) is 14.7. The Bertz CT molecular complexity index is 687. The second kappa shape index (κ2) is 20.1. The van der Waals surface area contributed by atoms with Crippen molar-refractivity contribution >= 4 is 5.97 Å². The van der Waals surface area contributed by atoms with Crippen LogP contribution in [0.5, 0.6) is 0 Å². The number of carboxylic acids is 1. The van der Waals surface area contributed by atoms with Crippen molar-refractivity contribution in [3.8, 4) is 0 Å². The van der Waals surface area contributed by atoms with Gasteiger partial charge in [0, 0.05) is 0 Å². The van der Waals surface area contributed by atoms with Gasteiger partial charge in [0.2, 0.25) is 0 Å². The molecule has 0 aromatic rings. The Hall–Kier alpha value is -1.01. The van der Waals surface area contributed by atoms with Crippen molar-refractivity contribution in [1.29, 1.82) is 0 Å². The van der Waals surface area contributed by atoms with E-state index in [9.17, 15) is 71.2 Å². The number of carboxylic acid groups (broad SMARTS) is 1. The zero-order valence-electron chi connectivity index (χ0n) is 24.7. The minimum atomic E-state index is -2.46. The van der Waals surface area contributed by atoms with Crippen molar-refractivity contribution in [2.75, 3.05) is 39.6 Å². The van der Waals surface area contributed by atoms with Crippen LogP contribution in [0.1, 0.15) is 77.6 Å². The van der Waals surface area contributed by atoms with Gasteiger partial charge in [-0.15, -0.1) is 0 Å². The molecule has 252 valence electrons. The summed E-state index contributed by atoms with van der Waals surface area (Å²) < 4.78 is 0. The van der Waals surface area contributed by atoms with Crippen LogP contribution in [0.2, 0.25) is 0 Å². The maximum Gasteiger partial charge on any atom is 0.310 e. The van der Waals surface area contributed by atoms with Crippen LogP contribution in [0.15, 0.2) is 0 Å². The third kappa shape index (κ3) is 10.9. The molecule has 6 unspecified atom stereocenters. The first-order valence-electron chi connectivity index (χ1n) is 14.7. The average molecular weight is 617 g/mol. The molecule has 13 N–H and O–H groups in total. The van der Waals surface area contributed by atoms with Crippen LogP contribution >= 0.6 is 0 Å². The SMILES string of the molecule is CCCCCCC(CC(O)CO)(CC(O)CO)C(CC(O)CO)(CC(O)CO)C(CC(O)CO)(CC(O)CO)C(=O)O. The molecule has 0 aliphatic rings. The smallest absolute Gasteiger partial charge is 0.310 e. The molecule has 42 heavy (non-hydrogen) atoms. The van der Waals surface area contributed by atoms with Crippen molar-refractivity contribution in [1.82, 2.24) is 0 Å². The van der Waals surface area contributed by atoms with E-state index >= 15 is 0 Å². The van der Waals surface area contributed by atoms with Crippen LogP contribution in [-0.2, 0) is 4.79 Å². The number of carbonyl (C=O) groups is 1. The van der Waals surface area contributed by atoms with Crippen LogP contribution in [-0.4, -0.2) is 149 Å². The first kappa shape index (κ1) is 41.0. The molecule has 0 saturated carbocycles. The predicted molar refractivity (Wildman–Crippen MR) is 150 cm³/mol. The summed E-state index contributed by atoms with van der Waals surface area (Å²) in [6.45, 7) is -3.37. The van der Waals surface area contributed by atoms with E-state index in [1.807, 2.05) is 6.92 Å². The van der Waals surface area contributed by atoms with Crippen molar-refractivity contribution in [2.24, 2.45) is 16.2 Å². The molecule has 0 radical (unpaired) electrons. The standard InChI is InChI=1S/C28H56O14/c1-2-3-4-5-6-26(7-19(35)13-29,8-20(36)14-30)28(11-23(39)17-33,12-24(40)18-34)27(25(41)42,9-21(37)15-31)10-22(38)16-32/h19-24,29-40H,2-18H2,1H3,(H,41,42). The van der Waals surface area contributed by atoms with Crippen LogP contribution in [0, 0.1) is 16.2 Å². The minimum absolute atomic E-state index is 0.0170. The molecule has 0 spiro atoms. The van der Waals surface area contributed by atoms with E-state index in [0.717, 1.165) is 12.8 Å². The number of hydrogen-bond acceptors (Lipinski definition) is 13. The highest BCUT2D eigenvalue weighted by molar-refractivity contribution is 5.76. The van der Waals surface area contributed by atoms with Crippen molar-refractivity contribution in [3.05, 3.63) is 0 Å². The zero-order chi connectivity index (χ0) is 32.6. The van der Waals surface area contributed by atoms with Gasteiger partial charge in [-0.1, -0.05) is 32.6 Å². The van der Waals surface area contributed by atoms with Gasteiger partial charge in [-0.3, -0.25) is 4.79 Å². The fraction of sp³-hybridized carbons (Fsp3) is 0.964. The summed E-state index contributed by atoms with van der Waals surface area (Å²) in [5, 5.41) is 135. The number of aliphatic carboxylic acids is 1. The van der Waals surface area contributed by atoms with E-state index in [0.29, 0.717) is 12.8 Å². The fourth-order valence-electron chi connectivity index (χ4n) is 6.97. The molecule has 0 saturated heterocycles. The average Bonchev–Trinajstić information content (AvgIpc) is 2.97. The highest BCUT2D eigenvalue weighted by Gasteiger charge is 2.67. The number of hydrogen-bond donors (Lipinski definition) is 13. The second-order valence-corrected chi connectivity index (χ2v) is 11.8. The van der Waals surface area contributed by atoms with Gasteiger partial charge in [-0.2, -0.15) is 0 Å². The third-order valence-corrected chi connectivity index (χ3v) is 8.70. The van der Waals surface area contributed by atoms with Gasteiger partial charge in [0.15, 0.2) is 0 Å². The Labute approximate surface area is 247 Å². The second-order valence-electron chi connectivity index (χ2n) is 11.8. The van der Waals surface area contributed by atoms with Crippen molar-refractivity contribution < 1.29 is 71.2 Å². The van der Waals surface area contributed by atoms with Crippen molar-refractivity contribution in [3.63, 3.8) is 0 Å². The summed E-state index contributed by atoms with van der Waals surface area (Å²) in [6, 6.07) is 0. The number of aliphatic hydroxyl groups excluding tert-OH is 12. The van der Waals surface area contributed by atoms with Gasteiger partial charge in [0.1, 0.15) is 0 Å². The highest BCUT2D eigenvalue weighted by atomic mass is 16.4. The molecule has 0 aliphatic heterocycles. The lowest BCUT2D eigenvalue weighted by Crippen LogP contribution is -2.63. The van der Waals surface area contributed by atoms with E-state index in [2.05, 4.69) is 0 Å². The molecule has 0 amide bonds. The maximum atomic E-state index is 13.5. The monoisotopic (exact) mass is 616 g/mol. The molecule has 0 bridgehead atoms. The Morgan fingerprint density at radius 3 is 1.17 bits per heavy atom. The third-order valence-electron chi connectivity index (χ3n) is 8.70. The van der Waals surface area contributed by atoms with Gasteiger partial charge in [-0.25, -0.2) is 0 Å². The Morgan fingerprint density at radius 1 is 0.524 bits per heavy atom. The van der Waals surface area contributed by atoms with Crippen molar-refractivity contribution in [2.45, 2.75) is 114 Å². The molecule has 0 aliphatic carbocycles. The summed E-state index contributed by atoms with van der Waals surface area (Å²) in [6.07, 6.45) is -11.4. The normalized spacial score (nSPS) is 20.9. The van der Waals surface area contributed by atoms with E-state index in [-0.39, 0.29) is 6.42 Å². The van der Waals surface area contributed by atoms with E-state index in [4.69, 9.17) is 0 Å². The highest BCUT2D eigenvalue weighted by Crippen LogP contribution is 2.66. The lowest BCUT2D eigenvalue weighted by Gasteiger charge is -2.62. The Balaban J connectivity index is 8.30. The number of rotatable bonds is 26. The summed E-state index contributed by atoms with van der Waals surface area (Å²) in [7, 11) is 0. The van der Waals surface area contributed by atoms with Crippen LogP contribution in [0.4, 0.5) is 0 Å². The zero-order valence-corrected chi connectivity index (χ0v) is 24.7. The summed E-state index contributed by atoms with van der Waals surface area (Å²) >= 11 is 0. The molecule has 0 aromatic carbocycles. The summed E-state index contributed by atoms with van der Waals surface area (Å²) in [4.78, 5) is 13.5. The minimum Gasteiger partial charge on any atom is -0.481 e. The molecular formula is C28H56O14. The van der Waals surface area contributed by atoms with E-state index in [1.54, 1.807) is 0 Å². The molecule has 6 atom stereocenters. The van der Waals surface area contributed by atoms with Gasteiger partial charge in [-0.05, 0) is 55.8 Å². The summed E-state index contributed by atoms with van der Waals surface area (Å²) in [5.74, 6) is -1.69. The molecule has 14 heteroatoms. The number of unbranched alkanes of at least 4 members (excludes halogenated alkanes) is 3. The predicted octanol–water partition coefficient (Wildman–Crippen LogP) is -2.54. The topological polar surface area (TPSA) is 280 Å². The van der Waals surface area contributed by atoms with Crippen LogP contribution in [0.3, 0.4) is 0 Å². The molecule has 0 fully saturated rings. The molecular weight excluding hydrogens is 560 g/mol. The first-order chi connectivity index (χ1) is 19.7. The van der Waals surface area contributed by atoms with Gasteiger partial charge in [0.25, 0.3) is 0 Å². The number of aliphatic hydroxyl groups is 12. The van der Waals surface area contributed by atoms with Crippen LogP contribution < -0.4 is 0 Å². The molecule has 0 aromatic heterocycles. The molecule has 14 nitrogen and oxygen atoms in total. The summed E-state index contributed by atoms with van der Waals surface area (Å²) in [5.41, 5.74) is -6.32. The van der Waals surface area contributed by atoms with E-state index < -0.39 is 137 Å². The molecule has 0 rings (SSSR count). The lowest BCUT2D eigenvalue weighted by atomic mass is 9.41. The van der Waals surface area contributed by atoms with Crippen LogP contribution in [0.25, 0.3) is 0 Å². The maximum absolute atomic E-state index is 13.5. The van der Waals surface area contributed by atoms with Gasteiger partial charge < -0.3 is 66.4 Å². The van der Waals surface area contributed by atoms with Gasteiger partial charge in [0.05, 0.1) is 81.7 Å². The lowest BCUT2D eigenvalue weighted by molar-refractivity contribution is -0.215. The van der Waals surface area contributed by atoms with Gasteiger partial charge >= 0.3 is 5.97 Å². The molecule has 0 heterocycles. The largest absolute Gasteiger partial charge is 0.481 e.